The van der Waals surface area contributed by atoms with Crippen LogP contribution < -0.4 is 10.5 Å². The van der Waals surface area contributed by atoms with Crippen LogP contribution in [-0.2, 0) is 0 Å². The Morgan fingerprint density at radius 3 is 2.37 bits per heavy atom. The molecule has 1 heterocycles. The van der Waals surface area contributed by atoms with E-state index >= 15 is 0 Å². The van der Waals surface area contributed by atoms with Gasteiger partial charge in [0.25, 0.3) is 0 Å². The Kier molecular flexibility index (Phi) is 2.94. The molecule has 0 spiro atoms. The third-order valence-electron chi connectivity index (χ3n) is 2.72. The molecule has 3 rings (SSSR count). The van der Waals surface area contributed by atoms with Crippen molar-refractivity contribution in [3.63, 3.8) is 0 Å². The summed E-state index contributed by atoms with van der Waals surface area (Å²) in [7, 11) is 0. The van der Waals surface area contributed by atoms with E-state index in [4.69, 9.17) is 0 Å². The lowest BCUT2D eigenvalue weighted by Crippen LogP contribution is -2.31. The number of hydrogen-bond donors (Lipinski definition) is 1. The summed E-state index contributed by atoms with van der Waals surface area (Å²) in [6.07, 6.45) is 1.69. The van der Waals surface area contributed by atoms with Gasteiger partial charge in [-0.3, -0.25) is 5.43 Å². The summed E-state index contributed by atoms with van der Waals surface area (Å²) in [5.41, 5.74) is 4.88. The highest BCUT2D eigenvalue weighted by molar-refractivity contribution is 5.65. The van der Waals surface area contributed by atoms with Gasteiger partial charge in [0.05, 0.1) is 0 Å². The van der Waals surface area contributed by atoms with E-state index in [1.54, 1.807) is 24.4 Å². The zero-order valence-electron chi connectivity index (χ0n) is 9.99. The summed E-state index contributed by atoms with van der Waals surface area (Å²) in [4.78, 5) is 0. The van der Waals surface area contributed by atoms with Crippen LogP contribution in [0.15, 0.2) is 71.1 Å². The van der Waals surface area contributed by atoms with Crippen LogP contribution >= 0.6 is 0 Å². The topological polar surface area (TPSA) is 40.0 Å². The summed E-state index contributed by atoms with van der Waals surface area (Å²) < 4.78 is 13.6. The molecule has 2 aromatic carbocycles. The maximum atomic E-state index is 13.6. The zero-order chi connectivity index (χ0) is 13.1. The van der Waals surface area contributed by atoms with Crippen molar-refractivity contribution in [2.45, 2.75) is 0 Å². The molecule has 4 nitrogen and oxygen atoms in total. The van der Waals surface area contributed by atoms with E-state index in [2.05, 4.69) is 15.8 Å². The first kappa shape index (κ1) is 11.4. The first-order chi connectivity index (χ1) is 9.34. The van der Waals surface area contributed by atoms with Gasteiger partial charge >= 0.3 is 0 Å². The highest BCUT2D eigenvalue weighted by Crippen LogP contribution is 2.23. The van der Waals surface area contributed by atoms with E-state index in [0.717, 1.165) is 5.56 Å². The summed E-state index contributed by atoms with van der Waals surface area (Å²) in [5.74, 6) is -0.356. The zero-order valence-corrected chi connectivity index (χ0v) is 9.99. The molecule has 94 valence electrons. The molecule has 0 saturated heterocycles. The molecule has 0 aromatic heterocycles. The van der Waals surface area contributed by atoms with Gasteiger partial charge in [-0.1, -0.05) is 42.5 Å². The Morgan fingerprint density at radius 1 is 0.947 bits per heavy atom. The predicted molar refractivity (Wildman–Crippen MR) is 71.3 cm³/mol. The van der Waals surface area contributed by atoms with Crippen LogP contribution in [-0.4, -0.2) is 0 Å². The molecule has 0 amide bonds. The number of rotatable bonds is 2. The minimum absolute atomic E-state index is 0.328. The number of para-hydroxylation sites is 1. The Bertz CT molecular complexity index is 637. The third-order valence-corrected chi connectivity index (χ3v) is 2.72. The van der Waals surface area contributed by atoms with E-state index in [-0.39, 0.29) is 5.82 Å². The molecule has 0 radical (unpaired) electrons. The molecule has 0 fully saturated rings. The van der Waals surface area contributed by atoms with Crippen molar-refractivity contribution in [1.82, 2.24) is 5.43 Å². The molecular formula is C14H11FN4. The van der Waals surface area contributed by atoms with Crippen LogP contribution in [0.25, 0.3) is 5.70 Å². The van der Waals surface area contributed by atoms with Crippen molar-refractivity contribution in [3.05, 3.63) is 72.2 Å². The fourth-order valence-corrected chi connectivity index (χ4v) is 1.76. The standard InChI is InChI=1S/C14H11FN4/c15-12-8-4-5-9-14(12)19-16-10-13(17-18-19)11-6-2-1-3-7-11/h1-10,16H. The normalized spacial score (nSPS) is 13.9. The molecule has 1 aliphatic rings. The maximum absolute atomic E-state index is 13.6. The number of benzene rings is 2. The van der Waals surface area contributed by atoms with Gasteiger partial charge in [0.15, 0.2) is 5.82 Å². The van der Waals surface area contributed by atoms with Crippen LogP contribution in [0, 0.1) is 5.82 Å². The lowest BCUT2D eigenvalue weighted by atomic mass is 10.2. The quantitative estimate of drug-likeness (QED) is 0.890. The highest BCUT2D eigenvalue weighted by atomic mass is 19.1. The van der Waals surface area contributed by atoms with Gasteiger partial charge in [-0.05, 0) is 17.4 Å². The van der Waals surface area contributed by atoms with Gasteiger partial charge in [-0.15, -0.1) is 5.11 Å². The van der Waals surface area contributed by atoms with Crippen molar-refractivity contribution in [3.8, 4) is 0 Å². The summed E-state index contributed by atoms with van der Waals surface area (Å²) >= 11 is 0. The minimum atomic E-state index is -0.356. The SMILES string of the molecule is Fc1ccccc1N1N=NC(c2ccccc2)=CN1. The van der Waals surface area contributed by atoms with Gasteiger partial charge < -0.3 is 0 Å². The lowest BCUT2D eigenvalue weighted by Gasteiger charge is -2.21. The molecule has 0 aliphatic carbocycles. The fourth-order valence-electron chi connectivity index (χ4n) is 1.76. The van der Waals surface area contributed by atoms with E-state index in [9.17, 15) is 4.39 Å². The summed E-state index contributed by atoms with van der Waals surface area (Å²) in [5, 5.41) is 9.33. The number of halogens is 1. The second-order valence-corrected chi connectivity index (χ2v) is 3.98. The van der Waals surface area contributed by atoms with Crippen molar-refractivity contribution in [1.29, 1.82) is 0 Å². The largest absolute Gasteiger partial charge is 0.281 e. The number of nitrogens with zero attached hydrogens (tertiary/aromatic N) is 3. The Morgan fingerprint density at radius 2 is 1.68 bits per heavy atom. The number of hydrazine groups is 1. The molecular weight excluding hydrogens is 243 g/mol. The Balaban J connectivity index is 1.82. The number of hydrogen-bond acceptors (Lipinski definition) is 4. The number of nitrogens with one attached hydrogen (secondary N) is 1. The molecule has 1 N–H and O–H groups in total. The highest BCUT2D eigenvalue weighted by Gasteiger charge is 2.13. The van der Waals surface area contributed by atoms with Gasteiger partial charge in [-0.2, -0.15) is 5.12 Å². The van der Waals surface area contributed by atoms with E-state index in [0.29, 0.717) is 11.4 Å². The maximum Gasteiger partial charge on any atom is 0.150 e. The average Bonchev–Trinajstić information content (AvgIpc) is 2.49. The van der Waals surface area contributed by atoms with Gasteiger partial charge in [-0.25, -0.2) is 4.39 Å². The van der Waals surface area contributed by atoms with Crippen molar-refractivity contribution >= 4 is 11.4 Å². The smallest absolute Gasteiger partial charge is 0.150 e. The van der Waals surface area contributed by atoms with Crippen LogP contribution in [0.4, 0.5) is 10.1 Å². The Hall–Kier alpha value is -2.69. The van der Waals surface area contributed by atoms with Crippen molar-refractivity contribution in [2.24, 2.45) is 10.3 Å². The molecule has 19 heavy (non-hydrogen) atoms. The first-order valence-electron chi connectivity index (χ1n) is 5.83. The number of anilines is 1. The van der Waals surface area contributed by atoms with Crippen LogP contribution in [0.5, 0.6) is 0 Å². The fraction of sp³-hybridized carbons (Fsp3) is 0. The van der Waals surface area contributed by atoms with Gasteiger partial charge in [0.2, 0.25) is 0 Å². The first-order valence-corrected chi connectivity index (χ1v) is 5.83. The molecule has 2 aromatic rings. The van der Waals surface area contributed by atoms with E-state index < -0.39 is 0 Å². The second-order valence-electron chi connectivity index (χ2n) is 3.98. The van der Waals surface area contributed by atoms with E-state index in [1.807, 2.05) is 30.3 Å². The molecule has 0 atom stereocenters. The van der Waals surface area contributed by atoms with E-state index in [1.165, 1.54) is 11.2 Å². The monoisotopic (exact) mass is 254 g/mol. The molecule has 1 aliphatic heterocycles. The second kappa shape index (κ2) is 4.89. The van der Waals surface area contributed by atoms with Crippen molar-refractivity contribution < 1.29 is 4.39 Å². The van der Waals surface area contributed by atoms with Crippen LogP contribution in [0.1, 0.15) is 5.56 Å². The van der Waals surface area contributed by atoms with Crippen molar-refractivity contribution in [2.75, 3.05) is 5.12 Å². The van der Waals surface area contributed by atoms with Gasteiger partial charge in [0.1, 0.15) is 11.4 Å². The lowest BCUT2D eigenvalue weighted by molar-refractivity contribution is 0.605. The molecule has 0 saturated carbocycles. The summed E-state index contributed by atoms with van der Waals surface area (Å²) in [6, 6.07) is 16.0. The average molecular weight is 254 g/mol. The Labute approximate surface area is 109 Å². The molecule has 0 bridgehead atoms. The van der Waals surface area contributed by atoms with Crippen LogP contribution in [0.3, 0.4) is 0 Å². The predicted octanol–water partition coefficient (Wildman–Crippen LogP) is 3.52. The van der Waals surface area contributed by atoms with Gasteiger partial charge in [0, 0.05) is 11.8 Å². The van der Waals surface area contributed by atoms with Crippen LogP contribution in [0.2, 0.25) is 0 Å². The molecule has 0 unspecified atom stereocenters. The minimum Gasteiger partial charge on any atom is -0.281 e. The third kappa shape index (κ3) is 2.30. The summed E-state index contributed by atoms with van der Waals surface area (Å²) in [6.45, 7) is 0. The molecule has 5 heteroatoms.